The number of fused-ring (bicyclic) bond motifs is 1. The molecule has 1 aliphatic heterocycles. The normalized spacial score (nSPS) is 15.1. The van der Waals surface area contributed by atoms with Crippen molar-refractivity contribution in [3.05, 3.63) is 17.9 Å². The third-order valence-corrected chi connectivity index (χ3v) is 2.15. The van der Waals surface area contributed by atoms with Gasteiger partial charge in [-0.2, -0.15) is 0 Å². The number of nitrogen functional groups attached to an aromatic ring is 1. The summed E-state index contributed by atoms with van der Waals surface area (Å²) in [6.45, 7) is 1.36. The molecule has 0 spiro atoms. The molecule has 0 saturated heterocycles. The van der Waals surface area contributed by atoms with Crippen LogP contribution in [0.1, 0.15) is 0 Å². The number of rotatable bonds is 0. The molecule has 0 unspecified atom stereocenters. The van der Waals surface area contributed by atoms with E-state index in [1.54, 1.807) is 0 Å². The first-order valence-electron chi connectivity index (χ1n) is 4.11. The van der Waals surface area contributed by atoms with E-state index in [2.05, 4.69) is 0 Å². The maximum absolute atomic E-state index is 13.0. The predicted octanol–water partition coefficient (Wildman–Crippen LogP) is 1.24. The average molecular weight is 182 g/mol. The van der Waals surface area contributed by atoms with Crippen molar-refractivity contribution in [1.29, 1.82) is 0 Å². The standard InChI is InChI=1S/C9H11FN2O/c1-12-2-3-13-9-7(11)4-6(10)5-8(9)12/h4-5H,2-3,11H2,1H3. The molecule has 0 atom stereocenters. The molecule has 13 heavy (non-hydrogen) atoms. The lowest BCUT2D eigenvalue weighted by Crippen LogP contribution is -2.29. The van der Waals surface area contributed by atoms with Gasteiger partial charge in [0, 0.05) is 19.2 Å². The fourth-order valence-electron chi connectivity index (χ4n) is 1.45. The van der Waals surface area contributed by atoms with Gasteiger partial charge in [0.05, 0.1) is 17.9 Å². The molecule has 0 aromatic heterocycles. The van der Waals surface area contributed by atoms with Crippen LogP contribution in [0.5, 0.6) is 5.75 Å². The minimum Gasteiger partial charge on any atom is -0.487 e. The lowest BCUT2D eigenvalue weighted by atomic mass is 10.2. The molecule has 0 amide bonds. The molecule has 70 valence electrons. The Balaban J connectivity index is 2.56. The van der Waals surface area contributed by atoms with Gasteiger partial charge in [-0.3, -0.25) is 0 Å². The Morgan fingerprint density at radius 1 is 1.54 bits per heavy atom. The molecular weight excluding hydrogens is 171 g/mol. The van der Waals surface area contributed by atoms with Crippen molar-refractivity contribution in [3.8, 4) is 5.75 Å². The van der Waals surface area contributed by atoms with Crippen LogP contribution in [0.2, 0.25) is 0 Å². The van der Waals surface area contributed by atoms with E-state index in [1.807, 2.05) is 11.9 Å². The van der Waals surface area contributed by atoms with Crippen LogP contribution in [-0.2, 0) is 0 Å². The van der Waals surface area contributed by atoms with Crippen LogP contribution in [0, 0.1) is 5.82 Å². The molecule has 0 aliphatic carbocycles. The predicted molar refractivity (Wildman–Crippen MR) is 49.6 cm³/mol. The number of anilines is 2. The van der Waals surface area contributed by atoms with E-state index >= 15 is 0 Å². The van der Waals surface area contributed by atoms with Gasteiger partial charge >= 0.3 is 0 Å². The number of hydrogen-bond acceptors (Lipinski definition) is 3. The van der Waals surface area contributed by atoms with E-state index in [9.17, 15) is 4.39 Å². The van der Waals surface area contributed by atoms with Gasteiger partial charge in [0.25, 0.3) is 0 Å². The molecule has 1 aliphatic rings. The van der Waals surface area contributed by atoms with Crippen molar-refractivity contribution < 1.29 is 9.13 Å². The minimum atomic E-state index is -0.325. The second-order valence-corrected chi connectivity index (χ2v) is 3.11. The number of likely N-dealkylation sites (N-methyl/N-ethyl adjacent to an activating group) is 1. The fraction of sp³-hybridized carbons (Fsp3) is 0.333. The average Bonchev–Trinajstić information content (AvgIpc) is 2.07. The van der Waals surface area contributed by atoms with Crippen LogP contribution in [0.15, 0.2) is 12.1 Å². The van der Waals surface area contributed by atoms with Crippen LogP contribution in [0.3, 0.4) is 0 Å². The Bertz CT molecular complexity index is 341. The minimum absolute atomic E-state index is 0.325. The highest BCUT2D eigenvalue weighted by atomic mass is 19.1. The third kappa shape index (κ3) is 1.28. The summed E-state index contributed by atoms with van der Waals surface area (Å²) in [7, 11) is 1.89. The molecular formula is C9H11FN2O. The Hall–Kier alpha value is -1.45. The van der Waals surface area contributed by atoms with Crippen LogP contribution < -0.4 is 15.4 Å². The van der Waals surface area contributed by atoms with Crippen molar-refractivity contribution >= 4 is 11.4 Å². The van der Waals surface area contributed by atoms with Crippen molar-refractivity contribution in [2.45, 2.75) is 0 Å². The molecule has 0 fully saturated rings. The number of benzene rings is 1. The van der Waals surface area contributed by atoms with Crippen molar-refractivity contribution in [1.82, 2.24) is 0 Å². The van der Waals surface area contributed by atoms with Crippen molar-refractivity contribution in [3.63, 3.8) is 0 Å². The van der Waals surface area contributed by atoms with Gasteiger partial charge < -0.3 is 15.4 Å². The summed E-state index contributed by atoms with van der Waals surface area (Å²) in [5.74, 6) is 0.267. The van der Waals surface area contributed by atoms with Crippen molar-refractivity contribution in [2.75, 3.05) is 30.8 Å². The molecule has 1 aromatic rings. The summed E-state index contributed by atoms with van der Waals surface area (Å²) >= 11 is 0. The summed E-state index contributed by atoms with van der Waals surface area (Å²) in [5.41, 5.74) is 6.70. The van der Waals surface area contributed by atoms with E-state index in [0.29, 0.717) is 18.0 Å². The SMILES string of the molecule is CN1CCOc2c(N)cc(F)cc21. The van der Waals surface area contributed by atoms with Gasteiger partial charge in [-0.25, -0.2) is 4.39 Å². The van der Waals surface area contributed by atoms with Gasteiger partial charge in [0.2, 0.25) is 0 Å². The highest BCUT2D eigenvalue weighted by Gasteiger charge is 2.18. The Morgan fingerprint density at radius 2 is 2.31 bits per heavy atom. The van der Waals surface area contributed by atoms with Crippen LogP contribution in [0.25, 0.3) is 0 Å². The number of nitrogens with zero attached hydrogens (tertiary/aromatic N) is 1. The summed E-state index contributed by atoms with van der Waals surface area (Å²) in [4.78, 5) is 1.93. The molecule has 4 heteroatoms. The number of hydrogen-bond donors (Lipinski definition) is 1. The molecule has 1 heterocycles. The summed E-state index contributed by atoms with van der Waals surface area (Å²) < 4.78 is 18.3. The second kappa shape index (κ2) is 2.80. The second-order valence-electron chi connectivity index (χ2n) is 3.11. The van der Waals surface area contributed by atoms with E-state index in [1.165, 1.54) is 12.1 Å². The highest BCUT2D eigenvalue weighted by molar-refractivity contribution is 5.71. The Morgan fingerprint density at radius 3 is 3.08 bits per heavy atom. The molecule has 0 radical (unpaired) electrons. The largest absolute Gasteiger partial charge is 0.487 e. The van der Waals surface area contributed by atoms with E-state index in [4.69, 9.17) is 10.5 Å². The van der Waals surface area contributed by atoms with Gasteiger partial charge in [-0.15, -0.1) is 0 Å². The zero-order valence-electron chi connectivity index (χ0n) is 7.38. The third-order valence-electron chi connectivity index (χ3n) is 2.15. The van der Waals surface area contributed by atoms with Crippen molar-refractivity contribution in [2.24, 2.45) is 0 Å². The van der Waals surface area contributed by atoms with E-state index in [0.717, 1.165) is 12.2 Å². The summed E-state index contributed by atoms with van der Waals surface area (Å²) in [5, 5.41) is 0. The van der Waals surface area contributed by atoms with Crippen LogP contribution in [0.4, 0.5) is 15.8 Å². The van der Waals surface area contributed by atoms with E-state index in [-0.39, 0.29) is 5.82 Å². The van der Waals surface area contributed by atoms with Gasteiger partial charge in [0.1, 0.15) is 12.4 Å². The molecule has 2 rings (SSSR count). The molecule has 0 saturated carbocycles. The zero-order valence-corrected chi connectivity index (χ0v) is 7.38. The van der Waals surface area contributed by atoms with Gasteiger partial charge in [-0.1, -0.05) is 0 Å². The number of ether oxygens (including phenoxy) is 1. The van der Waals surface area contributed by atoms with Gasteiger partial charge in [0.15, 0.2) is 5.75 Å². The molecule has 3 nitrogen and oxygen atoms in total. The lowest BCUT2D eigenvalue weighted by molar-refractivity contribution is 0.312. The Labute approximate surface area is 75.9 Å². The topological polar surface area (TPSA) is 38.5 Å². The zero-order chi connectivity index (χ0) is 9.42. The maximum atomic E-state index is 13.0. The first-order chi connectivity index (χ1) is 6.18. The monoisotopic (exact) mass is 182 g/mol. The van der Waals surface area contributed by atoms with Crippen LogP contribution >= 0.6 is 0 Å². The Kier molecular flexibility index (Phi) is 1.76. The number of halogens is 1. The highest BCUT2D eigenvalue weighted by Crippen LogP contribution is 2.36. The quantitative estimate of drug-likeness (QED) is 0.613. The molecule has 0 bridgehead atoms. The van der Waals surface area contributed by atoms with Gasteiger partial charge in [-0.05, 0) is 0 Å². The number of nitrogens with two attached hydrogens (primary N) is 1. The summed E-state index contributed by atoms with van der Waals surface area (Å²) in [6.07, 6.45) is 0. The maximum Gasteiger partial charge on any atom is 0.165 e. The lowest BCUT2D eigenvalue weighted by Gasteiger charge is -2.28. The van der Waals surface area contributed by atoms with Crippen LogP contribution in [-0.4, -0.2) is 20.2 Å². The first-order valence-corrected chi connectivity index (χ1v) is 4.11. The summed E-state index contributed by atoms with van der Waals surface area (Å²) in [6, 6.07) is 2.71. The molecule has 1 aromatic carbocycles. The van der Waals surface area contributed by atoms with E-state index < -0.39 is 0 Å². The molecule has 2 N–H and O–H groups in total. The smallest absolute Gasteiger partial charge is 0.165 e. The fourth-order valence-corrected chi connectivity index (χ4v) is 1.45. The first kappa shape index (κ1) is 8.16.